The van der Waals surface area contributed by atoms with Crippen molar-refractivity contribution in [1.29, 1.82) is 5.26 Å². The maximum atomic E-state index is 9.88. The van der Waals surface area contributed by atoms with Gasteiger partial charge < -0.3 is 9.30 Å². The van der Waals surface area contributed by atoms with Crippen molar-refractivity contribution in [3.8, 4) is 27.8 Å². The number of nitriles is 1. The molecular weight excluding hydrogens is 410 g/mol. The highest BCUT2D eigenvalue weighted by molar-refractivity contribution is 7.71. The predicted molar refractivity (Wildman–Crippen MR) is 116 cm³/mol. The van der Waals surface area contributed by atoms with E-state index in [0.29, 0.717) is 21.9 Å². The second-order valence-electron chi connectivity index (χ2n) is 6.52. The highest BCUT2D eigenvalue weighted by Gasteiger charge is 2.18. The molecule has 142 valence electrons. The molecule has 3 heterocycles. The van der Waals surface area contributed by atoms with Gasteiger partial charge in [0.25, 0.3) is 0 Å². The first-order valence-corrected chi connectivity index (χ1v) is 10.6. The Morgan fingerprint density at radius 1 is 1.18 bits per heavy atom. The molecule has 0 atom stereocenters. The van der Waals surface area contributed by atoms with Gasteiger partial charge in [0, 0.05) is 23.7 Å². The monoisotopic (exact) mass is 427 g/mol. The van der Waals surface area contributed by atoms with E-state index in [1.54, 1.807) is 11.3 Å². The third-order valence-electron chi connectivity index (χ3n) is 4.79. The molecule has 1 aromatic carbocycles. The molecule has 0 aliphatic carbocycles. The topological polar surface area (TPSA) is 41.2 Å². The molecular formula is C21H18ClN3OS2. The molecule has 0 radical (unpaired) electrons. The lowest BCUT2D eigenvalue weighted by Gasteiger charge is -2.29. The van der Waals surface area contributed by atoms with Crippen LogP contribution >= 0.6 is 35.2 Å². The van der Waals surface area contributed by atoms with Crippen LogP contribution in [0.15, 0.2) is 47.8 Å². The molecule has 28 heavy (non-hydrogen) atoms. The van der Waals surface area contributed by atoms with Crippen LogP contribution in [0.25, 0.3) is 21.7 Å². The van der Waals surface area contributed by atoms with Crippen molar-refractivity contribution < 1.29 is 4.74 Å². The first-order valence-electron chi connectivity index (χ1n) is 8.95. The highest BCUT2D eigenvalue weighted by Crippen LogP contribution is 2.33. The molecule has 3 aromatic rings. The van der Waals surface area contributed by atoms with Gasteiger partial charge in [0.1, 0.15) is 10.7 Å². The molecule has 7 heteroatoms. The second-order valence-corrected chi connectivity index (χ2v) is 8.29. The number of benzene rings is 1. The molecule has 0 spiro atoms. The Morgan fingerprint density at radius 3 is 2.57 bits per heavy atom. The van der Waals surface area contributed by atoms with Gasteiger partial charge in [0.15, 0.2) is 0 Å². The summed E-state index contributed by atoms with van der Waals surface area (Å²) < 4.78 is 8.10. The number of hydrogen-bond acceptors (Lipinski definition) is 5. The zero-order valence-electron chi connectivity index (χ0n) is 15.1. The van der Waals surface area contributed by atoms with E-state index in [2.05, 4.69) is 33.0 Å². The Labute approximate surface area is 178 Å². The largest absolute Gasteiger partial charge is 0.379 e. The number of halogens is 1. The minimum Gasteiger partial charge on any atom is -0.379 e. The van der Waals surface area contributed by atoms with E-state index in [1.807, 2.05) is 30.3 Å². The molecule has 4 rings (SSSR count). The van der Waals surface area contributed by atoms with Gasteiger partial charge in [-0.3, -0.25) is 4.90 Å². The molecule has 0 unspecified atom stereocenters. The Hall–Kier alpha value is -2.01. The summed E-state index contributed by atoms with van der Waals surface area (Å²) in [5, 5.41) is 12.6. The van der Waals surface area contributed by atoms with Crippen LogP contribution in [0.1, 0.15) is 5.56 Å². The minimum absolute atomic E-state index is 0.519. The van der Waals surface area contributed by atoms with E-state index in [4.69, 9.17) is 28.6 Å². The Morgan fingerprint density at radius 2 is 1.93 bits per heavy atom. The molecule has 1 saturated heterocycles. The van der Waals surface area contributed by atoms with E-state index in [-0.39, 0.29) is 0 Å². The third kappa shape index (κ3) is 3.90. The first kappa shape index (κ1) is 19.3. The number of nitrogens with zero attached hydrogens (tertiary/aromatic N) is 3. The Balaban J connectivity index is 1.89. The van der Waals surface area contributed by atoms with E-state index < -0.39 is 0 Å². The summed E-state index contributed by atoms with van der Waals surface area (Å²) in [5.74, 6) is 0. The summed E-state index contributed by atoms with van der Waals surface area (Å²) >= 11 is 13.5. The first-order chi connectivity index (χ1) is 13.7. The predicted octanol–water partition coefficient (Wildman–Crippen LogP) is 5.43. The lowest BCUT2D eigenvalue weighted by atomic mass is 10.0. The van der Waals surface area contributed by atoms with E-state index >= 15 is 0 Å². The Kier molecular flexibility index (Phi) is 5.90. The molecule has 0 saturated carbocycles. The van der Waals surface area contributed by atoms with Crippen molar-refractivity contribution in [3.63, 3.8) is 0 Å². The van der Waals surface area contributed by atoms with E-state index in [1.165, 1.54) is 0 Å². The molecule has 2 aromatic heterocycles. The molecule has 1 aliphatic rings. The fraction of sp³-hybridized carbons (Fsp3) is 0.238. The smallest absolute Gasteiger partial charge is 0.126 e. The fourth-order valence-electron chi connectivity index (χ4n) is 3.32. The molecule has 4 nitrogen and oxygen atoms in total. The van der Waals surface area contributed by atoms with Crippen molar-refractivity contribution in [3.05, 3.63) is 63.1 Å². The number of hydrogen-bond donors (Lipinski definition) is 0. The molecule has 0 N–H and O–H groups in total. The van der Waals surface area contributed by atoms with Gasteiger partial charge in [-0.05, 0) is 35.2 Å². The zero-order valence-corrected chi connectivity index (χ0v) is 17.5. The van der Waals surface area contributed by atoms with Crippen molar-refractivity contribution in [2.24, 2.45) is 0 Å². The molecule has 0 amide bonds. The average molecular weight is 428 g/mol. The van der Waals surface area contributed by atoms with Gasteiger partial charge in [-0.15, -0.1) is 11.3 Å². The zero-order chi connectivity index (χ0) is 19.5. The van der Waals surface area contributed by atoms with Crippen LogP contribution < -0.4 is 0 Å². The normalized spacial score (nSPS) is 14.7. The number of rotatable bonds is 4. The van der Waals surface area contributed by atoms with Gasteiger partial charge in [-0.1, -0.05) is 42.0 Å². The molecule has 1 fully saturated rings. The van der Waals surface area contributed by atoms with Gasteiger partial charge in [0.2, 0.25) is 0 Å². The van der Waals surface area contributed by atoms with E-state index in [9.17, 15) is 5.26 Å². The van der Waals surface area contributed by atoms with Crippen LogP contribution in [0.3, 0.4) is 0 Å². The summed E-state index contributed by atoms with van der Waals surface area (Å²) in [6, 6.07) is 16.0. The lowest BCUT2D eigenvalue weighted by Crippen LogP contribution is -2.38. The summed E-state index contributed by atoms with van der Waals surface area (Å²) in [5.41, 5.74) is 3.32. The van der Waals surface area contributed by atoms with Gasteiger partial charge in [-0.2, -0.15) is 5.26 Å². The third-order valence-corrected chi connectivity index (χ3v) is 6.35. The Bertz CT molecular complexity index is 1060. The maximum Gasteiger partial charge on any atom is 0.126 e. The summed E-state index contributed by atoms with van der Waals surface area (Å²) in [4.78, 5) is 3.43. The van der Waals surface area contributed by atoms with Crippen molar-refractivity contribution in [2.75, 3.05) is 26.3 Å². The van der Waals surface area contributed by atoms with Crippen LogP contribution in [-0.2, 0) is 11.4 Å². The number of ether oxygens (including phenoxy) is 1. The minimum atomic E-state index is 0.519. The highest BCUT2D eigenvalue weighted by atomic mass is 35.5. The van der Waals surface area contributed by atoms with Crippen LogP contribution in [0.5, 0.6) is 0 Å². The molecule has 0 bridgehead atoms. The summed E-state index contributed by atoms with van der Waals surface area (Å²) in [6.07, 6.45) is 0. The number of pyridine rings is 1. The van der Waals surface area contributed by atoms with Gasteiger partial charge in [0.05, 0.1) is 36.0 Å². The van der Waals surface area contributed by atoms with Crippen LogP contribution in [-0.4, -0.2) is 35.8 Å². The van der Waals surface area contributed by atoms with Gasteiger partial charge in [-0.25, -0.2) is 0 Å². The van der Waals surface area contributed by atoms with Crippen molar-refractivity contribution in [1.82, 2.24) is 9.47 Å². The maximum absolute atomic E-state index is 9.88. The SMILES string of the molecule is N#Cc1c(-c2ccc(Cl)cc2)cc(-c2cccs2)n(CN2CCOCC2)c1=S. The number of aromatic nitrogens is 1. The number of morpholine rings is 1. The second kappa shape index (κ2) is 8.56. The van der Waals surface area contributed by atoms with Gasteiger partial charge >= 0.3 is 0 Å². The van der Waals surface area contributed by atoms with Crippen molar-refractivity contribution in [2.45, 2.75) is 6.67 Å². The van der Waals surface area contributed by atoms with Crippen LogP contribution in [0.2, 0.25) is 5.02 Å². The average Bonchev–Trinajstić information content (AvgIpc) is 3.25. The van der Waals surface area contributed by atoms with Crippen LogP contribution in [0, 0.1) is 16.0 Å². The summed E-state index contributed by atoms with van der Waals surface area (Å²) in [7, 11) is 0. The number of thiophene rings is 1. The molecule has 1 aliphatic heterocycles. The standard InChI is InChI=1S/C21H18ClN3OS2/c22-16-5-3-15(4-6-16)17-12-19(20-2-1-11-28-20)25(21(27)18(17)13-23)14-24-7-9-26-10-8-24/h1-6,11-12H,7-10,14H2. The van der Waals surface area contributed by atoms with Crippen molar-refractivity contribution >= 4 is 35.2 Å². The lowest BCUT2D eigenvalue weighted by molar-refractivity contribution is 0.0234. The van der Waals surface area contributed by atoms with E-state index in [0.717, 1.165) is 48.0 Å². The quantitative estimate of drug-likeness (QED) is 0.521. The fourth-order valence-corrected chi connectivity index (χ4v) is 4.51. The summed E-state index contributed by atoms with van der Waals surface area (Å²) in [6.45, 7) is 3.79. The van der Waals surface area contributed by atoms with Crippen LogP contribution in [0.4, 0.5) is 0 Å².